The van der Waals surface area contributed by atoms with Gasteiger partial charge in [-0.2, -0.15) is 0 Å². The van der Waals surface area contributed by atoms with Crippen molar-refractivity contribution in [2.45, 2.75) is 31.7 Å². The lowest BCUT2D eigenvalue weighted by Gasteiger charge is -2.31. The third-order valence-corrected chi connectivity index (χ3v) is 5.28. The van der Waals surface area contributed by atoms with E-state index in [0.29, 0.717) is 12.5 Å². The Morgan fingerprint density at radius 3 is 2.60 bits per heavy atom. The van der Waals surface area contributed by atoms with Crippen molar-refractivity contribution in [2.24, 2.45) is 0 Å². The lowest BCUT2D eigenvalue weighted by atomic mass is 10.0. The van der Waals surface area contributed by atoms with Crippen LogP contribution in [0.25, 0.3) is 0 Å². The van der Waals surface area contributed by atoms with Gasteiger partial charge in [0.25, 0.3) is 0 Å². The first kappa shape index (κ1) is 21.9. The van der Waals surface area contributed by atoms with Crippen LogP contribution in [-0.4, -0.2) is 42.0 Å². The summed E-state index contributed by atoms with van der Waals surface area (Å²) in [6.45, 7) is 2.00. The maximum Gasteiger partial charge on any atom is 0.228 e. The van der Waals surface area contributed by atoms with Gasteiger partial charge in [-0.15, -0.1) is 36.2 Å². The van der Waals surface area contributed by atoms with Crippen LogP contribution in [0.1, 0.15) is 29.1 Å². The number of carbonyl (C=O) groups is 1. The van der Waals surface area contributed by atoms with Crippen LogP contribution in [0.2, 0.25) is 0 Å². The Kier molecular flexibility index (Phi) is 9.43. The zero-order valence-electron chi connectivity index (χ0n) is 14.3. The second-order valence-corrected chi connectivity index (χ2v) is 7.00. The molecule has 0 radical (unpaired) electrons. The van der Waals surface area contributed by atoms with Crippen LogP contribution in [0.3, 0.4) is 0 Å². The molecule has 0 atom stereocenters. The number of halogens is 2. The number of thiazole rings is 1. The minimum atomic E-state index is 0. The number of hydrogen-bond donors (Lipinski definition) is 1. The normalized spacial score (nSPS) is 14.3. The molecular formula is C18H25Cl2N3OS. The molecule has 1 fully saturated rings. The first-order valence-electron chi connectivity index (χ1n) is 8.16. The largest absolute Gasteiger partial charge is 0.342 e. The zero-order chi connectivity index (χ0) is 16.1. The van der Waals surface area contributed by atoms with Gasteiger partial charge >= 0.3 is 0 Å². The standard InChI is InChI=1S/C18H23N3OS.2ClH/c1-21(16-7-9-19-10-8-16)18(22)12-15-13-23-17(20-15)11-14-5-3-2-4-6-14;;/h2-6,13,16,19H,7-12H2,1H3;2*1H. The first-order chi connectivity index (χ1) is 11.2. The minimum absolute atomic E-state index is 0. The highest BCUT2D eigenvalue weighted by molar-refractivity contribution is 7.09. The number of amides is 1. The first-order valence-corrected chi connectivity index (χ1v) is 9.04. The molecular weight excluding hydrogens is 377 g/mol. The summed E-state index contributed by atoms with van der Waals surface area (Å²) < 4.78 is 0. The molecule has 2 heterocycles. The molecule has 0 aliphatic carbocycles. The smallest absolute Gasteiger partial charge is 0.228 e. The summed E-state index contributed by atoms with van der Waals surface area (Å²) >= 11 is 1.64. The van der Waals surface area contributed by atoms with E-state index < -0.39 is 0 Å². The van der Waals surface area contributed by atoms with Gasteiger partial charge in [0.05, 0.1) is 17.1 Å². The predicted octanol–water partition coefficient (Wildman–Crippen LogP) is 3.33. The number of carbonyl (C=O) groups excluding carboxylic acids is 1. The van der Waals surface area contributed by atoms with Gasteiger partial charge in [0.1, 0.15) is 0 Å². The molecule has 138 valence electrons. The van der Waals surface area contributed by atoms with Gasteiger partial charge in [-0.1, -0.05) is 30.3 Å². The fourth-order valence-corrected chi connectivity index (χ4v) is 3.79. The summed E-state index contributed by atoms with van der Waals surface area (Å²) in [5, 5.41) is 6.43. The van der Waals surface area contributed by atoms with Crippen LogP contribution in [0, 0.1) is 0 Å². The van der Waals surface area contributed by atoms with Gasteiger partial charge in [-0.25, -0.2) is 4.98 Å². The number of nitrogens with one attached hydrogen (secondary N) is 1. The lowest BCUT2D eigenvalue weighted by Crippen LogP contribution is -2.44. The molecule has 1 aromatic heterocycles. The average molecular weight is 402 g/mol. The molecule has 1 N–H and O–H groups in total. The molecule has 0 spiro atoms. The average Bonchev–Trinajstić information content (AvgIpc) is 3.02. The maximum absolute atomic E-state index is 12.4. The van der Waals surface area contributed by atoms with Crippen molar-refractivity contribution >= 4 is 42.1 Å². The van der Waals surface area contributed by atoms with E-state index in [2.05, 4.69) is 22.4 Å². The van der Waals surface area contributed by atoms with E-state index in [1.54, 1.807) is 11.3 Å². The molecule has 0 bridgehead atoms. The number of aromatic nitrogens is 1. The van der Waals surface area contributed by atoms with Crippen molar-refractivity contribution < 1.29 is 4.79 Å². The number of rotatable bonds is 5. The fourth-order valence-electron chi connectivity index (χ4n) is 2.96. The maximum atomic E-state index is 12.4. The number of nitrogens with zero attached hydrogens (tertiary/aromatic N) is 2. The van der Waals surface area contributed by atoms with Crippen LogP contribution >= 0.6 is 36.2 Å². The molecule has 1 aliphatic heterocycles. The van der Waals surface area contributed by atoms with Crippen LogP contribution in [0.5, 0.6) is 0 Å². The Hall–Kier alpha value is -1.14. The Balaban J connectivity index is 0.00000156. The Bertz CT molecular complexity index is 645. The summed E-state index contributed by atoms with van der Waals surface area (Å²) in [5.74, 6) is 0.175. The molecule has 1 aromatic carbocycles. The molecule has 7 heteroatoms. The monoisotopic (exact) mass is 401 g/mol. The van der Waals surface area contributed by atoms with Crippen molar-refractivity contribution in [2.75, 3.05) is 20.1 Å². The predicted molar refractivity (Wildman–Crippen MR) is 108 cm³/mol. The molecule has 4 nitrogen and oxygen atoms in total. The Morgan fingerprint density at radius 1 is 1.24 bits per heavy atom. The van der Waals surface area contributed by atoms with Gasteiger partial charge in [0, 0.05) is 24.9 Å². The van der Waals surface area contributed by atoms with Crippen molar-refractivity contribution in [3.63, 3.8) is 0 Å². The summed E-state index contributed by atoms with van der Waals surface area (Å²) in [5.41, 5.74) is 2.15. The number of benzene rings is 1. The topological polar surface area (TPSA) is 45.2 Å². The van der Waals surface area contributed by atoms with Crippen LogP contribution in [0.4, 0.5) is 0 Å². The number of likely N-dealkylation sites (N-methyl/N-ethyl adjacent to an activating group) is 1. The number of hydrogen-bond acceptors (Lipinski definition) is 4. The highest BCUT2D eigenvalue weighted by atomic mass is 35.5. The lowest BCUT2D eigenvalue weighted by molar-refractivity contribution is -0.131. The van der Waals surface area contributed by atoms with Crippen molar-refractivity contribution in [1.29, 1.82) is 0 Å². The molecule has 1 amide bonds. The second kappa shape index (κ2) is 10.8. The summed E-state index contributed by atoms with van der Waals surface area (Å²) in [7, 11) is 1.93. The van der Waals surface area contributed by atoms with Gasteiger partial charge in [0.15, 0.2) is 0 Å². The third-order valence-electron chi connectivity index (χ3n) is 4.38. The molecule has 0 unspecified atom stereocenters. The molecule has 3 rings (SSSR count). The van der Waals surface area contributed by atoms with E-state index in [4.69, 9.17) is 0 Å². The Morgan fingerprint density at radius 2 is 1.92 bits per heavy atom. The quantitative estimate of drug-likeness (QED) is 0.835. The summed E-state index contributed by atoms with van der Waals surface area (Å²) in [4.78, 5) is 19.0. The van der Waals surface area contributed by atoms with E-state index in [0.717, 1.165) is 43.1 Å². The second-order valence-electron chi connectivity index (χ2n) is 6.06. The molecule has 2 aromatic rings. The molecule has 0 saturated carbocycles. The zero-order valence-corrected chi connectivity index (χ0v) is 16.8. The van der Waals surface area contributed by atoms with Gasteiger partial charge in [-0.05, 0) is 31.5 Å². The van der Waals surface area contributed by atoms with E-state index in [-0.39, 0.29) is 30.7 Å². The van der Waals surface area contributed by atoms with Crippen LogP contribution in [0.15, 0.2) is 35.7 Å². The molecule has 1 aliphatic rings. The molecule has 25 heavy (non-hydrogen) atoms. The highest BCUT2D eigenvalue weighted by Gasteiger charge is 2.22. The molecule has 1 saturated heterocycles. The van der Waals surface area contributed by atoms with E-state index in [1.165, 1.54) is 5.56 Å². The van der Waals surface area contributed by atoms with Crippen LogP contribution in [-0.2, 0) is 17.6 Å². The van der Waals surface area contributed by atoms with Gasteiger partial charge < -0.3 is 10.2 Å². The third kappa shape index (κ3) is 6.26. The fraction of sp³-hybridized carbons (Fsp3) is 0.444. The Labute approximate surface area is 165 Å². The van der Waals surface area contributed by atoms with E-state index >= 15 is 0 Å². The van der Waals surface area contributed by atoms with Crippen LogP contribution < -0.4 is 5.32 Å². The van der Waals surface area contributed by atoms with E-state index in [1.807, 2.05) is 35.5 Å². The number of piperidine rings is 1. The highest BCUT2D eigenvalue weighted by Crippen LogP contribution is 2.17. The van der Waals surface area contributed by atoms with E-state index in [9.17, 15) is 4.79 Å². The van der Waals surface area contributed by atoms with Crippen molar-refractivity contribution in [3.8, 4) is 0 Å². The summed E-state index contributed by atoms with van der Waals surface area (Å²) in [6.07, 6.45) is 3.33. The SMILES string of the molecule is CN(C(=O)Cc1csc(Cc2ccccc2)n1)C1CCNCC1.Cl.Cl. The summed E-state index contributed by atoms with van der Waals surface area (Å²) in [6, 6.07) is 10.7. The van der Waals surface area contributed by atoms with Crippen molar-refractivity contribution in [1.82, 2.24) is 15.2 Å². The van der Waals surface area contributed by atoms with Gasteiger partial charge in [0.2, 0.25) is 5.91 Å². The minimum Gasteiger partial charge on any atom is -0.342 e. The van der Waals surface area contributed by atoms with Gasteiger partial charge in [-0.3, -0.25) is 4.79 Å². The van der Waals surface area contributed by atoms with Crippen molar-refractivity contribution in [3.05, 3.63) is 52.0 Å².